The molecule has 0 bridgehead atoms. The van der Waals surface area contributed by atoms with Crippen LogP contribution in [0, 0.1) is 5.82 Å². The molecule has 0 spiro atoms. The van der Waals surface area contributed by atoms with Gasteiger partial charge >= 0.3 is 0 Å². The summed E-state index contributed by atoms with van der Waals surface area (Å²) in [6.07, 6.45) is 4.54. The number of halogens is 4. The van der Waals surface area contributed by atoms with Crippen LogP contribution in [-0.2, 0) is 0 Å². The van der Waals surface area contributed by atoms with E-state index in [0.29, 0.717) is 10.6 Å². The average Bonchev–Trinajstić information content (AvgIpc) is 2.13. The number of hydrogen-bond donors (Lipinski definition) is 0. The van der Waals surface area contributed by atoms with Crippen molar-refractivity contribution in [3.63, 3.8) is 0 Å². The average molecular weight is 298 g/mol. The Labute approximate surface area is 101 Å². The summed E-state index contributed by atoms with van der Waals surface area (Å²) in [7, 11) is 0. The van der Waals surface area contributed by atoms with Gasteiger partial charge in [-0.2, -0.15) is 0 Å². The van der Waals surface area contributed by atoms with Crippen LogP contribution in [0.1, 0.15) is 12.0 Å². The molecule has 1 aromatic carbocycles. The van der Waals surface area contributed by atoms with E-state index in [1.54, 1.807) is 12.1 Å². The molecule has 0 radical (unpaired) electrons. The molecule has 0 aliphatic rings. The third-order valence-electron chi connectivity index (χ3n) is 1.59. The largest absolute Gasteiger partial charge is 0.205 e. The van der Waals surface area contributed by atoms with E-state index in [1.165, 1.54) is 6.07 Å². The number of hydrogen-bond acceptors (Lipinski definition) is 0. The summed E-state index contributed by atoms with van der Waals surface area (Å²) in [5.41, 5.74) is 0.609. The molecular formula is C10H8BrCl2F. The minimum atomic E-state index is -0.488. The molecule has 1 aromatic rings. The Balaban J connectivity index is 2.96. The Morgan fingerprint density at radius 1 is 1.36 bits per heavy atom. The second-order valence-corrected chi connectivity index (χ2v) is 4.28. The lowest BCUT2D eigenvalue weighted by molar-refractivity contribution is 0.628. The predicted octanol–water partition coefficient (Wildman–Crippen LogP) is 4.93. The summed E-state index contributed by atoms with van der Waals surface area (Å²) in [5, 5.41) is 1.33. The molecule has 0 fully saturated rings. The number of benzene rings is 1. The van der Waals surface area contributed by atoms with Crippen molar-refractivity contribution in [1.82, 2.24) is 0 Å². The molecule has 0 saturated carbocycles. The topological polar surface area (TPSA) is 0 Å². The molecule has 0 amide bonds. The second-order valence-electron chi connectivity index (χ2n) is 2.67. The summed E-state index contributed by atoms with van der Waals surface area (Å²) >= 11 is 14.7. The van der Waals surface area contributed by atoms with E-state index >= 15 is 0 Å². The second kappa shape index (κ2) is 5.74. The minimum Gasteiger partial charge on any atom is -0.205 e. The van der Waals surface area contributed by atoms with Crippen LogP contribution in [0.4, 0.5) is 4.39 Å². The van der Waals surface area contributed by atoms with Crippen LogP contribution in [0.15, 0.2) is 18.2 Å². The Bertz CT molecular complexity index is 350. The first kappa shape index (κ1) is 12.0. The first-order valence-electron chi connectivity index (χ1n) is 4.02. The Morgan fingerprint density at radius 3 is 2.71 bits per heavy atom. The molecule has 4 heteroatoms. The van der Waals surface area contributed by atoms with Gasteiger partial charge in [0.25, 0.3) is 0 Å². The van der Waals surface area contributed by atoms with E-state index in [9.17, 15) is 4.39 Å². The van der Waals surface area contributed by atoms with Crippen molar-refractivity contribution in [3.05, 3.63) is 39.6 Å². The normalized spacial score (nSPS) is 11.1. The Hall–Kier alpha value is -0.0500. The van der Waals surface area contributed by atoms with Gasteiger partial charge < -0.3 is 0 Å². The van der Waals surface area contributed by atoms with Gasteiger partial charge in [-0.3, -0.25) is 0 Å². The maximum Gasteiger partial charge on any atom is 0.143 e. The summed E-state index contributed by atoms with van der Waals surface area (Å²) in [4.78, 5) is 0. The molecule has 0 N–H and O–H groups in total. The monoisotopic (exact) mass is 296 g/mol. The molecule has 0 atom stereocenters. The molecular weight excluding hydrogens is 290 g/mol. The Kier molecular flexibility index (Phi) is 4.93. The molecule has 0 nitrogen and oxygen atoms in total. The first-order chi connectivity index (χ1) is 6.65. The number of alkyl halides is 1. The van der Waals surface area contributed by atoms with Gasteiger partial charge in [0.15, 0.2) is 0 Å². The molecule has 1 rings (SSSR count). The highest BCUT2D eigenvalue weighted by molar-refractivity contribution is 9.09. The quantitative estimate of drug-likeness (QED) is 0.548. The van der Waals surface area contributed by atoms with E-state index in [0.717, 1.165) is 11.8 Å². The lowest BCUT2D eigenvalue weighted by Gasteiger charge is -2.00. The van der Waals surface area contributed by atoms with Gasteiger partial charge in [0, 0.05) is 10.4 Å². The Morgan fingerprint density at radius 2 is 2.07 bits per heavy atom. The van der Waals surface area contributed by atoms with E-state index in [-0.39, 0.29) is 5.02 Å². The van der Waals surface area contributed by atoms with Crippen LogP contribution in [0.3, 0.4) is 0 Å². The zero-order chi connectivity index (χ0) is 10.6. The van der Waals surface area contributed by atoms with Gasteiger partial charge in [0.1, 0.15) is 5.82 Å². The zero-order valence-electron chi connectivity index (χ0n) is 7.24. The van der Waals surface area contributed by atoms with Crippen molar-refractivity contribution < 1.29 is 4.39 Å². The van der Waals surface area contributed by atoms with Crippen molar-refractivity contribution in [2.24, 2.45) is 0 Å². The highest BCUT2D eigenvalue weighted by Crippen LogP contribution is 2.25. The first-order valence-corrected chi connectivity index (χ1v) is 5.90. The highest BCUT2D eigenvalue weighted by atomic mass is 79.9. The van der Waals surface area contributed by atoms with Gasteiger partial charge in [0.2, 0.25) is 0 Å². The lowest BCUT2D eigenvalue weighted by Crippen LogP contribution is -1.82. The molecule has 0 saturated heterocycles. The van der Waals surface area contributed by atoms with Gasteiger partial charge in [-0.25, -0.2) is 4.39 Å². The van der Waals surface area contributed by atoms with Crippen LogP contribution >= 0.6 is 39.1 Å². The molecule has 0 aliphatic carbocycles. The summed E-state index contributed by atoms with van der Waals surface area (Å²) in [6, 6.07) is 2.84. The van der Waals surface area contributed by atoms with E-state index in [1.807, 2.05) is 6.08 Å². The fourth-order valence-electron chi connectivity index (χ4n) is 0.970. The molecule has 0 aliphatic heterocycles. The van der Waals surface area contributed by atoms with Gasteiger partial charge in [-0.1, -0.05) is 51.3 Å². The van der Waals surface area contributed by atoms with E-state index in [2.05, 4.69) is 15.9 Å². The standard InChI is InChI=1S/C10H8BrCl2F/c11-4-2-1-3-7-5-8(12)6-9(14)10(7)13/h1,3,5-6H,2,4H2. The minimum absolute atomic E-state index is 0.111. The highest BCUT2D eigenvalue weighted by Gasteiger charge is 2.05. The van der Waals surface area contributed by atoms with Crippen LogP contribution in [0.25, 0.3) is 6.08 Å². The van der Waals surface area contributed by atoms with Gasteiger partial charge in [-0.05, 0) is 24.1 Å². The van der Waals surface area contributed by atoms with Crippen LogP contribution in [0.2, 0.25) is 10.0 Å². The summed E-state index contributed by atoms with van der Waals surface area (Å²) < 4.78 is 13.1. The SMILES string of the molecule is Fc1cc(Cl)cc(C=CCCBr)c1Cl. The van der Waals surface area contributed by atoms with Crippen molar-refractivity contribution in [2.75, 3.05) is 5.33 Å². The third kappa shape index (κ3) is 3.26. The molecule has 76 valence electrons. The predicted molar refractivity (Wildman–Crippen MR) is 63.9 cm³/mol. The molecule has 0 heterocycles. The van der Waals surface area contributed by atoms with Crippen molar-refractivity contribution in [2.45, 2.75) is 6.42 Å². The van der Waals surface area contributed by atoms with Gasteiger partial charge in [0.05, 0.1) is 5.02 Å². The fraction of sp³-hybridized carbons (Fsp3) is 0.200. The molecule has 0 unspecified atom stereocenters. The maximum atomic E-state index is 13.1. The summed E-state index contributed by atoms with van der Waals surface area (Å²) in [5.74, 6) is -0.488. The molecule has 14 heavy (non-hydrogen) atoms. The smallest absolute Gasteiger partial charge is 0.143 e. The van der Waals surface area contributed by atoms with Crippen LogP contribution in [0.5, 0.6) is 0 Å². The van der Waals surface area contributed by atoms with Crippen molar-refractivity contribution >= 4 is 45.2 Å². The van der Waals surface area contributed by atoms with Crippen molar-refractivity contribution in [3.8, 4) is 0 Å². The number of rotatable bonds is 3. The maximum absolute atomic E-state index is 13.1. The number of allylic oxidation sites excluding steroid dienone is 1. The zero-order valence-corrected chi connectivity index (χ0v) is 10.3. The lowest BCUT2D eigenvalue weighted by atomic mass is 10.2. The third-order valence-corrected chi connectivity index (χ3v) is 2.67. The van der Waals surface area contributed by atoms with Gasteiger partial charge in [-0.15, -0.1) is 0 Å². The summed E-state index contributed by atoms with van der Waals surface area (Å²) in [6.45, 7) is 0. The van der Waals surface area contributed by atoms with Crippen LogP contribution < -0.4 is 0 Å². The van der Waals surface area contributed by atoms with E-state index < -0.39 is 5.82 Å². The molecule has 0 aromatic heterocycles. The van der Waals surface area contributed by atoms with Crippen LogP contribution in [-0.4, -0.2) is 5.33 Å². The fourth-order valence-corrected chi connectivity index (χ4v) is 1.62. The van der Waals surface area contributed by atoms with Crippen molar-refractivity contribution in [1.29, 1.82) is 0 Å². The van der Waals surface area contributed by atoms with E-state index in [4.69, 9.17) is 23.2 Å².